The van der Waals surface area contributed by atoms with Crippen molar-refractivity contribution >= 4 is 65.2 Å². The van der Waals surface area contributed by atoms with Gasteiger partial charge in [0.25, 0.3) is 11.7 Å². The van der Waals surface area contributed by atoms with Crippen molar-refractivity contribution in [1.29, 1.82) is 0 Å². The SMILES string of the molecule is COC1CC(C=C(C)C2OC(=O)C3CCCCN3C(=O)C(=O)C3(O)OC(C(OC)CC(C)CC(C)C=C(CC=CC(=O)NCC(C)(C)CCOC(C)(C)CCNC(=O)O/C4=C5\C(C)C(OC(=O)C(O)C(NC(=O)OC(C)(C)C)c6ccccc6)CC(O)(C(OC(=O)c6ccccc6)C6C7(OC(C)=O)COC7CC(O)C6(C)C4=O)C5(C)C)C(=O)CC(O)C2C)C(OC)CC3C)CCC1O. The molecule has 25 unspecified atom stereocenters. The Bertz CT molecular complexity index is 4620. The van der Waals surface area contributed by atoms with Gasteiger partial charge >= 0.3 is 36.1 Å². The molecule has 4 aliphatic carbocycles. The van der Waals surface area contributed by atoms with E-state index in [1.807, 2.05) is 39.8 Å². The molecule has 738 valence electrons. The Kier molecular flexibility index (Phi) is 35.0. The summed E-state index contributed by atoms with van der Waals surface area (Å²) in [6.07, 6.45) is -7.83. The van der Waals surface area contributed by atoms with Crippen LogP contribution in [0.2, 0.25) is 0 Å². The Morgan fingerprint density at radius 3 is 2.02 bits per heavy atom. The Balaban J connectivity index is 0.849. The van der Waals surface area contributed by atoms with Crippen LogP contribution in [0.15, 0.2) is 107 Å². The van der Waals surface area contributed by atoms with Gasteiger partial charge in [0.1, 0.15) is 47.8 Å². The van der Waals surface area contributed by atoms with Gasteiger partial charge < -0.3 is 108 Å². The molecule has 6 fully saturated rings. The van der Waals surface area contributed by atoms with E-state index in [1.165, 1.54) is 60.3 Å². The predicted molar refractivity (Wildman–Crippen MR) is 483 cm³/mol. The van der Waals surface area contributed by atoms with Crippen molar-refractivity contribution in [3.8, 4) is 0 Å². The summed E-state index contributed by atoms with van der Waals surface area (Å²) in [5.41, 5.74) is -10.2. The van der Waals surface area contributed by atoms with Gasteiger partial charge in [0.05, 0.1) is 71.8 Å². The second kappa shape index (κ2) is 43.7. The average Bonchev–Trinajstić information content (AvgIpc) is 0.666. The van der Waals surface area contributed by atoms with Crippen LogP contribution in [-0.2, 0) is 95.2 Å². The Labute approximate surface area is 780 Å². The largest absolute Gasteiger partial charge is 0.460 e. The molecule has 8 aliphatic rings. The molecule has 3 saturated carbocycles. The van der Waals surface area contributed by atoms with Crippen molar-refractivity contribution in [3.05, 3.63) is 119 Å². The minimum atomic E-state index is -2.64. The van der Waals surface area contributed by atoms with Crippen molar-refractivity contribution < 1.29 is 140 Å². The van der Waals surface area contributed by atoms with Crippen LogP contribution in [0.5, 0.6) is 0 Å². The number of aliphatic hydroxyl groups is 6. The molecule has 4 bridgehead atoms. The number of amides is 4. The first-order valence-corrected chi connectivity index (χ1v) is 46.9. The number of carbonyl (C=O) groups excluding carboxylic acids is 11. The molecular formula is C100H144N4O29. The highest BCUT2D eigenvalue weighted by Gasteiger charge is 2.78. The van der Waals surface area contributed by atoms with Gasteiger partial charge in [-0.25, -0.2) is 24.0 Å². The second-order valence-corrected chi connectivity index (χ2v) is 41.3. The second-order valence-electron chi connectivity index (χ2n) is 41.3. The summed E-state index contributed by atoms with van der Waals surface area (Å²) in [7, 11) is 4.48. The highest BCUT2D eigenvalue weighted by molar-refractivity contribution is 6.39. The number of carbonyl (C=O) groups is 11. The summed E-state index contributed by atoms with van der Waals surface area (Å²) >= 11 is 0. The van der Waals surface area contributed by atoms with E-state index in [-0.39, 0.29) is 92.8 Å². The van der Waals surface area contributed by atoms with Crippen molar-refractivity contribution in [2.45, 2.75) is 328 Å². The number of allylic oxidation sites excluding steroid dienone is 5. The van der Waals surface area contributed by atoms with E-state index in [0.717, 1.165) is 11.8 Å². The number of rotatable bonds is 26. The lowest BCUT2D eigenvalue weighted by atomic mass is 9.45. The molecule has 10 rings (SSSR count). The molecule has 4 amide bonds. The van der Waals surface area contributed by atoms with Crippen LogP contribution in [0.25, 0.3) is 0 Å². The van der Waals surface area contributed by atoms with E-state index in [0.29, 0.717) is 62.5 Å². The van der Waals surface area contributed by atoms with Crippen molar-refractivity contribution in [2.24, 2.45) is 57.7 Å². The third kappa shape index (κ3) is 24.3. The standard InChI is InChI=1S/C100H144N4O29/c1-55-44-56(2)46-71(123-19)81-72(124-20)48-58(4)100(121,132-81)85(113)87(114)104-42-28-27-35-66(104)89(116)128-80(57(3)47-62-37-38-67(106)70(49-62)122-18)59(5)68(107)50-69(108)65(45-55)34-29-36-76(110)102-53-94(11,12)40-43-126-95(13,14)39-41-101-91(118)129-82-77-60(6)73(127-90(117)79(111)78(63-30-23-21-24-31-63)103-92(119)133-93(8,9)10)52-99(120,96(77,15)16)86(130-88(115)64-32-25-22-26-33-64)83-97(17,84(82)112)74(109)51-75-98(83,54-125-75)131-61(7)105/h21-26,29-33,36,45,47,55-56,58-60,62,66-68,70-75,78-81,83,86,106-107,109,111,120-121H,27-28,34-35,37-44,46,48-54H2,1-20H3,(H,101,118)(H,102,110)(H,103,119)/b36-29?,57-47?,65-45?,82-77+. The summed E-state index contributed by atoms with van der Waals surface area (Å²) in [4.78, 5) is 162. The number of esters is 4. The van der Waals surface area contributed by atoms with E-state index in [4.69, 9.17) is 56.8 Å². The Morgan fingerprint density at radius 1 is 0.729 bits per heavy atom. The third-order valence-corrected chi connectivity index (χ3v) is 28.9. The minimum Gasteiger partial charge on any atom is -0.460 e. The van der Waals surface area contributed by atoms with Gasteiger partial charge in [-0.1, -0.05) is 129 Å². The van der Waals surface area contributed by atoms with Crippen LogP contribution in [0, 0.1) is 57.7 Å². The van der Waals surface area contributed by atoms with Crippen LogP contribution in [0.3, 0.4) is 0 Å². The number of hydrogen-bond donors (Lipinski definition) is 9. The van der Waals surface area contributed by atoms with Crippen LogP contribution >= 0.6 is 0 Å². The first-order valence-electron chi connectivity index (χ1n) is 46.9. The lowest BCUT2D eigenvalue weighted by Crippen LogP contribution is -2.81. The predicted octanol–water partition coefficient (Wildman–Crippen LogP) is 9.94. The van der Waals surface area contributed by atoms with Gasteiger partial charge in [-0.2, -0.15) is 0 Å². The Hall–Kier alpha value is -8.71. The number of fused-ring (bicyclic) bond motifs is 8. The number of cyclic esters (lactones) is 1. The van der Waals surface area contributed by atoms with E-state index >= 15 is 4.79 Å². The van der Waals surface area contributed by atoms with Crippen LogP contribution in [0.4, 0.5) is 9.59 Å². The summed E-state index contributed by atoms with van der Waals surface area (Å²) < 4.78 is 73.8. The number of hydrogen-bond acceptors (Lipinski definition) is 29. The molecule has 0 aromatic heterocycles. The van der Waals surface area contributed by atoms with Gasteiger partial charge in [0, 0.05) is 96.9 Å². The number of piperidine rings is 1. The monoisotopic (exact) mass is 1860 g/mol. The molecule has 0 spiro atoms. The molecule has 2 aromatic rings. The first-order chi connectivity index (χ1) is 62.3. The molecule has 33 nitrogen and oxygen atoms in total. The fourth-order valence-corrected chi connectivity index (χ4v) is 21.0. The van der Waals surface area contributed by atoms with Crippen molar-refractivity contribution in [2.75, 3.05) is 54.2 Å². The molecule has 25 atom stereocenters. The molecule has 2 aromatic carbocycles. The lowest BCUT2D eigenvalue weighted by molar-refractivity contribution is -0.345. The fourth-order valence-electron chi connectivity index (χ4n) is 21.0. The molecule has 4 heterocycles. The van der Waals surface area contributed by atoms with Gasteiger partial charge in [-0.3, -0.25) is 28.8 Å². The highest BCUT2D eigenvalue weighted by atomic mass is 16.7. The summed E-state index contributed by atoms with van der Waals surface area (Å²) in [5.74, 6) is -17.1. The number of alkyl carbamates (subject to hydrolysis) is 2. The third-order valence-electron chi connectivity index (χ3n) is 28.9. The number of ketones is 3. The molecule has 9 N–H and O–H groups in total. The van der Waals surface area contributed by atoms with Gasteiger partial charge in [0.2, 0.25) is 17.5 Å². The number of benzene rings is 2. The molecule has 4 aliphatic heterocycles. The van der Waals surface area contributed by atoms with Crippen LogP contribution in [-0.4, -0.2) is 262 Å². The van der Waals surface area contributed by atoms with Crippen molar-refractivity contribution in [3.63, 3.8) is 0 Å². The smallest absolute Gasteiger partial charge is 0.412 e. The summed E-state index contributed by atoms with van der Waals surface area (Å²) in [6, 6.07) is 13.0. The number of nitrogens with one attached hydrogen (secondary N) is 3. The zero-order chi connectivity index (χ0) is 98.2. The number of nitrogens with zero attached hydrogens (tertiary/aromatic N) is 1. The average molecular weight is 1870 g/mol. The van der Waals surface area contributed by atoms with Gasteiger partial charge in [0.15, 0.2) is 23.2 Å². The maximum absolute atomic E-state index is 16.5. The summed E-state index contributed by atoms with van der Waals surface area (Å²) in [6.45, 7) is 28.1. The number of methoxy groups -OCH3 is 3. The van der Waals surface area contributed by atoms with E-state index in [2.05, 4.69) is 16.0 Å². The molecule has 33 heteroatoms. The summed E-state index contributed by atoms with van der Waals surface area (Å²) in [5, 5.41) is 82.7. The number of aliphatic hydroxyl groups excluding tert-OH is 4. The number of Topliss-reactive ketones (excluding diaryl/α,β-unsaturated/α-hetero) is 3. The minimum absolute atomic E-state index is 0.00245. The molecule has 0 radical (unpaired) electrons. The van der Waals surface area contributed by atoms with Crippen LogP contribution < -0.4 is 16.0 Å². The van der Waals surface area contributed by atoms with Gasteiger partial charge in [-0.05, 0) is 189 Å². The van der Waals surface area contributed by atoms with Gasteiger partial charge in [-0.15, -0.1) is 0 Å². The zero-order valence-corrected chi connectivity index (χ0v) is 80.9. The highest BCUT2D eigenvalue weighted by Crippen LogP contribution is 2.65. The fraction of sp³-hybridized carbons (Fsp3) is 0.690. The first kappa shape index (κ1) is 106. The number of ether oxygens (including phenoxy) is 12. The van der Waals surface area contributed by atoms with E-state index in [9.17, 15) is 78.6 Å². The van der Waals surface area contributed by atoms with Crippen LogP contribution in [0.1, 0.15) is 236 Å². The quantitative estimate of drug-likeness (QED) is 0.0139. The molecular weight excluding hydrogens is 1720 g/mol. The Morgan fingerprint density at radius 2 is 1.38 bits per heavy atom. The maximum Gasteiger partial charge on any atom is 0.412 e. The van der Waals surface area contributed by atoms with Crippen molar-refractivity contribution in [1.82, 2.24) is 20.9 Å². The lowest BCUT2D eigenvalue weighted by Gasteiger charge is -2.67. The topological polar surface area (TPSA) is 459 Å². The van der Waals surface area contributed by atoms with E-state index in [1.54, 1.807) is 117 Å². The van der Waals surface area contributed by atoms with E-state index < -0.39 is 244 Å². The maximum atomic E-state index is 16.5. The zero-order valence-electron chi connectivity index (χ0n) is 80.9. The molecule has 133 heavy (non-hydrogen) atoms. The normalized spacial score (nSPS) is 34.4. The molecule has 3 saturated heterocycles.